The second kappa shape index (κ2) is 14.4. The average Bonchev–Trinajstić information content (AvgIpc) is 3.15. The highest BCUT2D eigenvalue weighted by Gasteiger charge is 2.11. The van der Waals surface area contributed by atoms with Gasteiger partial charge in [0.25, 0.3) is 5.91 Å². The zero-order valence-corrected chi connectivity index (χ0v) is 19.8. The summed E-state index contributed by atoms with van der Waals surface area (Å²) in [5.41, 5.74) is 2.80. The average molecular weight is 451 g/mol. The molecule has 3 nitrogen and oxygen atoms in total. The Labute approximate surface area is 176 Å². The van der Waals surface area contributed by atoms with Crippen LogP contribution in [0.5, 0.6) is 0 Å². The monoisotopic (exact) mass is 450 g/mol. The Morgan fingerprint density at radius 3 is 2.15 bits per heavy atom. The van der Waals surface area contributed by atoms with E-state index in [0.29, 0.717) is 10.7 Å². The van der Waals surface area contributed by atoms with E-state index in [1.165, 1.54) is 16.9 Å². The molecule has 27 heavy (non-hydrogen) atoms. The molecule has 0 saturated carbocycles. The summed E-state index contributed by atoms with van der Waals surface area (Å²) in [6, 6.07) is 13.4. The fourth-order valence-electron chi connectivity index (χ4n) is 2.11. The normalized spacial score (nSPS) is 9.04. The lowest BCUT2D eigenvalue weighted by atomic mass is 10.1. The molecule has 3 rings (SSSR count). The van der Waals surface area contributed by atoms with E-state index in [-0.39, 0.29) is 5.91 Å². The predicted octanol–water partition coefficient (Wildman–Crippen LogP) is 7.95. The van der Waals surface area contributed by atoms with E-state index in [0.717, 1.165) is 21.1 Å². The first kappa shape index (κ1) is 25.3. The van der Waals surface area contributed by atoms with Gasteiger partial charge in [-0.15, -0.1) is 0 Å². The molecule has 2 aromatic carbocycles. The van der Waals surface area contributed by atoms with Crippen molar-refractivity contribution in [2.45, 2.75) is 54.9 Å². The van der Waals surface area contributed by atoms with Crippen LogP contribution in [-0.4, -0.2) is 10.9 Å². The van der Waals surface area contributed by atoms with Crippen LogP contribution < -0.4 is 5.32 Å². The summed E-state index contributed by atoms with van der Waals surface area (Å²) in [6.07, 6.45) is 0.932. The van der Waals surface area contributed by atoms with Crippen LogP contribution in [0.4, 0.5) is 5.13 Å². The van der Waals surface area contributed by atoms with Gasteiger partial charge in [0, 0.05) is 10.0 Å². The number of rotatable bonds is 3. The lowest BCUT2D eigenvalue weighted by molar-refractivity contribution is 0.102. The Balaban J connectivity index is 0.00000103. The van der Waals surface area contributed by atoms with Crippen LogP contribution >= 0.6 is 27.3 Å². The number of aryl methyl sites for hydroxylation is 1. The molecule has 148 valence electrons. The second-order valence-electron chi connectivity index (χ2n) is 4.60. The maximum absolute atomic E-state index is 12.2. The summed E-state index contributed by atoms with van der Waals surface area (Å²) in [7, 11) is 0. The lowest BCUT2D eigenvalue weighted by Gasteiger charge is -2.01. The number of para-hydroxylation sites is 1. The number of hydrogen-bond donors (Lipinski definition) is 1. The molecule has 0 fully saturated rings. The standard InChI is InChI=1S/C16H13BrN2OS.3C2H6/c1-2-10-4-3-5-13-14(10)18-16(21-13)19-15(20)11-6-8-12(17)9-7-11;3*1-2/h3-9H,2H2,1H3,(H,18,19,20);3*1-2H3. The minimum absolute atomic E-state index is 0.139. The van der Waals surface area contributed by atoms with Gasteiger partial charge in [0.05, 0.1) is 10.2 Å². The number of aromatic nitrogens is 1. The van der Waals surface area contributed by atoms with Crippen molar-refractivity contribution >= 4 is 48.5 Å². The van der Waals surface area contributed by atoms with E-state index in [2.05, 4.69) is 39.2 Å². The maximum Gasteiger partial charge on any atom is 0.257 e. The van der Waals surface area contributed by atoms with Gasteiger partial charge in [0.15, 0.2) is 5.13 Å². The Hall–Kier alpha value is -1.72. The molecule has 0 bridgehead atoms. The van der Waals surface area contributed by atoms with Gasteiger partial charge in [-0.25, -0.2) is 4.98 Å². The van der Waals surface area contributed by atoms with Crippen LogP contribution in [0.2, 0.25) is 0 Å². The molecule has 0 aliphatic rings. The van der Waals surface area contributed by atoms with Gasteiger partial charge in [-0.05, 0) is 42.3 Å². The largest absolute Gasteiger partial charge is 0.298 e. The van der Waals surface area contributed by atoms with E-state index in [1.807, 2.05) is 65.8 Å². The summed E-state index contributed by atoms with van der Waals surface area (Å²) >= 11 is 4.86. The number of fused-ring (bicyclic) bond motifs is 1. The molecule has 1 aromatic heterocycles. The first-order chi connectivity index (χ1) is 13.2. The van der Waals surface area contributed by atoms with Crippen molar-refractivity contribution in [2.75, 3.05) is 5.32 Å². The first-order valence-corrected chi connectivity index (χ1v) is 11.2. The van der Waals surface area contributed by atoms with Crippen molar-refractivity contribution in [3.63, 3.8) is 0 Å². The molecule has 1 heterocycles. The zero-order valence-electron chi connectivity index (χ0n) is 17.4. The molecule has 3 aromatic rings. The SMILES string of the molecule is CC.CC.CC.CCc1cccc2sc(NC(=O)c3ccc(Br)cc3)nc12. The first-order valence-electron chi connectivity index (χ1n) is 9.62. The van der Waals surface area contributed by atoms with Crippen molar-refractivity contribution in [1.82, 2.24) is 4.98 Å². The number of carbonyl (C=O) groups is 1. The Kier molecular flexibility index (Phi) is 13.4. The molecule has 0 aliphatic heterocycles. The quantitative estimate of drug-likeness (QED) is 0.439. The van der Waals surface area contributed by atoms with Crippen LogP contribution in [0.25, 0.3) is 10.2 Å². The number of benzene rings is 2. The molecule has 0 saturated heterocycles. The van der Waals surface area contributed by atoms with Crippen molar-refractivity contribution in [3.8, 4) is 0 Å². The number of hydrogen-bond acceptors (Lipinski definition) is 3. The van der Waals surface area contributed by atoms with Gasteiger partial charge < -0.3 is 0 Å². The van der Waals surface area contributed by atoms with Crippen molar-refractivity contribution < 1.29 is 4.79 Å². The smallest absolute Gasteiger partial charge is 0.257 e. The van der Waals surface area contributed by atoms with Crippen LogP contribution in [0.3, 0.4) is 0 Å². The third-order valence-electron chi connectivity index (χ3n) is 3.21. The van der Waals surface area contributed by atoms with E-state index in [4.69, 9.17) is 0 Å². The number of thiazole rings is 1. The van der Waals surface area contributed by atoms with Gasteiger partial charge in [-0.2, -0.15) is 0 Å². The molecule has 5 heteroatoms. The van der Waals surface area contributed by atoms with E-state index < -0.39 is 0 Å². The second-order valence-corrected chi connectivity index (χ2v) is 6.54. The van der Waals surface area contributed by atoms with Gasteiger partial charge in [-0.1, -0.05) is 87.9 Å². The van der Waals surface area contributed by atoms with Gasteiger partial charge >= 0.3 is 0 Å². The molecule has 1 amide bonds. The molecular weight excluding hydrogens is 420 g/mol. The topological polar surface area (TPSA) is 42.0 Å². The number of nitrogens with zero attached hydrogens (tertiary/aromatic N) is 1. The van der Waals surface area contributed by atoms with E-state index in [9.17, 15) is 4.79 Å². The van der Waals surface area contributed by atoms with Crippen molar-refractivity contribution in [2.24, 2.45) is 0 Å². The molecule has 0 atom stereocenters. The number of amides is 1. The van der Waals surface area contributed by atoms with Gasteiger partial charge in [0.1, 0.15) is 0 Å². The summed E-state index contributed by atoms with van der Waals surface area (Å²) in [4.78, 5) is 16.7. The van der Waals surface area contributed by atoms with Gasteiger partial charge in [-0.3, -0.25) is 10.1 Å². The number of carbonyl (C=O) groups excluding carboxylic acids is 1. The molecular formula is C22H31BrN2OS. The summed E-state index contributed by atoms with van der Waals surface area (Å²) < 4.78 is 2.05. The van der Waals surface area contributed by atoms with Crippen molar-refractivity contribution in [3.05, 3.63) is 58.1 Å². The van der Waals surface area contributed by atoms with Gasteiger partial charge in [0.2, 0.25) is 0 Å². The predicted molar refractivity (Wildman–Crippen MR) is 125 cm³/mol. The number of halogens is 1. The summed E-state index contributed by atoms with van der Waals surface area (Å²) in [5, 5.41) is 3.51. The highest BCUT2D eigenvalue weighted by atomic mass is 79.9. The van der Waals surface area contributed by atoms with Crippen LogP contribution in [0, 0.1) is 0 Å². The lowest BCUT2D eigenvalue weighted by Crippen LogP contribution is -2.11. The summed E-state index contributed by atoms with van der Waals surface area (Å²) in [6.45, 7) is 14.1. The molecule has 0 aliphatic carbocycles. The van der Waals surface area contributed by atoms with Crippen LogP contribution in [0.15, 0.2) is 46.9 Å². The highest BCUT2D eigenvalue weighted by molar-refractivity contribution is 9.10. The third kappa shape index (κ3) is 7.43. The Morgan fingerprint density at radius 1 is 1.00 bits per heavy atom. The molecule has 1 N–H and O–H groups in total. The van der Waals surface area contributed by atoms with Crippen LogP contribution in [0.1, 0.15) is 64.4 Å². The van der Waals surface area contributed by atoms with E-state index in [1.54, 1.807) is 12.1 Å². The number of nitrogens with one attached hydrogen (secondary N) is 1. The minimum atomic E-state index is -0.139. The third-order valence-corrected chi connectivity index (χ3v) is 4.68. The fraction of sp³-hybridized carbons (Fsp3) is 0.364. The van der Waals surface area contributed by atoms with E-state index >= 15 is 0 Å². The summed E-state index contributed by atoms with van der Waals surface area (Å²) in [5.74, 6) is -0.139. The molecule has 0 unspecified atom stereocenters. The van der Waals surface area contributed by atoms with Crippen LogP contribution in [-0.2, 0) is 6.42 Å². The Bertz CT molecular complexity index is 798. The molecule has 0 spiro atoms. The zero-order chi connectivity index (χ0) is 20.8. The number of anilines is 1. The fourth-order valence-corrected chi connectivity index (χ4v) is 3.29. The molecule has 0 radical (unpaired) electrons. The maximum atomic E-state index is 12.2. The minimum Gasteiger partial charge on any atom is -0.298 e. The highest BCUT2D eigenvalue weighted by Crippen LogP contribution is 2.28. The van der Waals surface area contributed by atoms with Crippen molar-refractivity contribution in [1.29, 1.82) is 0 Å². The Morgan fingerprint density at radius 2 is 1.59 bits per heavy atom.